The summed E-state index contributed by atoms with van der Waals surface area (Å²) in [6, 6.07) is 16.5. The molecule has 0 saturated heterocycles. The van der Waals surface area contributed by atoms with Gasteiger partial charge in [0.2, 0.25) is 0 Å². The van der Waals surface area contributed by atoms with Crippen molar-refractivity contribution in [2.75, 3.05) is 19.5 Å². The first kappa shape index (κ1) is 17.8. The van der Waals surface area contributed by atoms with Crippen LogP contribution < -0.4 is 19.5 Å². The van der Waals surface area contributed by atoms with E-state index in [0.717, 1.165) is 17.1 Å². The standard InChI is InChI=1S/C20H19NO4S/c1-23-16-6-8-17(9-7-16)25-12-14-10-19(26-13-14)20(22)21-15-4-3-5-18(11-15)24-2/h3-11,13H,12H2,1-2H3,(H,21,22). The molecule has 134 valence electrons. The third-order valence-corrected chi connectivity index (χ3v) is 4.65. The van der Waals surface area contributed by atoms with Gasteiger partial charge in [-0.15, -0.1) is 11.3 Å². The largest absolute Gasteiger partial charge is 0.497 e. The lowest BCUT2D eigenvalue weighted by Crippen LogP contribution is -2.10. The van der Waals surface area contributed by atoms with Gasteiger partial charge in [0.1, 0.15) is 23.9 Å². The molecular weight excluding hydrogens is 350 g/mol. The van der Waals surface area contributed by atoms with Crippen LogP contribution >= 0.6 is 11.3 Å². The molecule has 6 heteroatoms. The average Bonchev–Trinajstić information content (AvgIpc) is 3.16. The summed E-state index contributed by atoms with van der Waals surface area (Å²) in [4.78, 5) is 13.0. The van der Waals surface area contributed by atoms with Crippen molar-refractivity contribution in [3.05, 3.63) is 70.4 Å². The van der Waals surface area contributed by atoms with E-state index in [4.69, 9.17) is 14.2 Å². The molecule has 0 aliphatic heterocycles. The zero-order valence-corrected chi connectivity index (χ0v) is 15.3. The van der Waals surface area contributed by atoms with Crippen molar-refractivity contribution in [3.63, 3.8) is 0 Å². The number of methoxy groups -OCH3 is 2. The first-order valence-corrected chi connectivity index (χ1v) is 8.85. The Labute approximate surface area is 156 Å². The minimum atomic E-state index is -0.154. The number of carbonyl (C=O) groups excluding carboxylic acids is 1. The van der Waals surface area contributed by atoms with Crippen molar-refractivity contribution < 1.29 is 19.0 Å². The molecule has 0 spiro atoms. The van der Waals surface area contributed by atoms with Gasteiger partial charge in [0.05, 0.1) is 19.1 Å². The van der Waals surface area contributed by atoms with E-state index in [9.17, 15) is 4.79 Å². The molecule has 26 heavy (non-hydrogen) atoms. The Balaban J connectivity index is 1.58. The molecule has 0 atom stereocenters. The molecule has 0 radical (unpaired) electrons. The molecule has 0 aliphatic rings. The second kappa shape index (κ2) is 8.40. The molecule has 3 rings (SSSR count). The maximum absolute atomic E-state index is 12.4. The molecule has 1 N–H and O–H groups in total. The SMILES string of the molecule is COc1ccc(OCc2csc(C(=O)Nc3cccc(OC)c3)c2)cc1. The predicted octanol–water partition coefficient (Wildman–Crippen LogP) is 4.60. The van der Waals surface area contributed by atoms with Crippen LogP contribution in [-0.4, -0.2) is 20.1 Å². The molecule has 0 aliphatic carbocycles. The zero-order valence-electron chi connectivity index (χ0n) is 14.5. The average molecular weight is 369 g/mol. The van der Waals surface area contributed by atoms with Gasteiger partial charge in [-0.2, -0.15) is 0 Å². The number of nitrogens with one attached hydrogen (secondary N) is 1. The smallest absolute Gasteiger partial charge is 0.265 e. The summed E-state index contributed by atoms with van der Waals surface area (Å²) in [7, 11) is 3.22. The fourth-order valence-electron chi connectivity index (χ4n) is 2.30. The molecule has 0 bridgehead atoms. The molecule has 1 aromatic heterocycles. The van der Waals surface area contributed by atoms with Gasteiger partial charge in [-0.05, 0) is 47.8 Å². The summed E-state index contributed by atoms with van der Waals surface area (Å²) in [5, 5.41) is 4.79. The predicted molar refractivity (Wildman–Crippen MR) is 103 cm³/mol. The monoisotopic (exact) mass is 369 g/mol. The number of benzene rings is 2. The van der Waals surface area contributed by atoms with Crippen LogP contribution in [0.15, 0.2) is 60.0 Å². The van der Waals surface area contributed by atoms with E-state index < -0.39 is 0 Å². The maximum atomic E-state index is 12.4. The number of hydrogen-bond donors (Lipinski definition) is 1. The minimum absolute atomic E-state index is 0.154. The van der Waals surface area contributed by atoms with Crippen LogP contribution in [0, 0.1) is 0 Å². The van der Waals surface area contributed by atoms with E-state index in [-0.39, 0.29) is 5.91 Å². The molecule has 3 aromatic rings. The van der Waals surface area contributed by atoms with Gasteiger partial charge in [-0.1, -0.05) is 6.07 Å². The Bertz CT molecular complexity index is 874. The van der Waals surface area contributed by atoms with Crippen LogP contribution in [-0.2, 0) is 6.61 Å². The molecule has 1 heterocycles. The van der Waals surface area contributed by atoms with Gasteiger partial charge >= 0.3 is 0 Å². The highest BCUT2D eigenvalue weighted by Crippen LogP contribution is 2.22. The summed E-state index contributed by atoms with van der Waals surface area (Å²) in [5.41, 5.74) is 1.64. The molecule has 1 amide bonds. The highest BCUT2D eigenvalue weighted by molar-refractivity contribution is 7.12. The Morgan fingerprint density at radius 2 is 1.69 bits per heavy atom. The summed E-state index contributed by atoms with van der Waals surface area (Å²) in [6.07, 6.45) is 0. The van der Waals surface area contributed by atoms with Crippen LogP contribution in [0.4, 0.5) is 5.69 Å². The van der Waals surface area contributed by atoms with Crippen LogP contribution in [0.3, 0.4) is 0 Å². The summed E-state index contributed by atoms with van der Waals surface area (Å²) in [5.74, 6) is 2.07. The highest BCUT2D eigenvalue weighted by atomic mass is 32.1. The normalized spacial score (nSPS) is 10.2. The van der Waals surface area contributed by atoms with Crippen molar-refractivity contribution in [2.45, 2.75) is 6.61 Å². The Morgan fingerprint density at radius 3 is 2.42 bits per heavy atom. The number of ether oxygens (including phenoxy) is 3. The van der Waals surface area contributed by atoms with Crippen LogP contribution in [0.25, 0.3) is 0 Å². The summed E-state index contributed by atoms with van der Waals surface area (Å²) < 4.78 is 16.0. The molecule has 0 fully saturated rings. The van der Waals surface area contributed by atoms with E-state index in [1.165, 1.54) is 11.3 Å². The summed E-state index contributed by atoms with van der Waals surface area (Å²) in [6.45, 7) is 0.398. The van der Waals surface area contributed by atoms with Crippen molar-refractivity contribution in [1.82, 2.24) is 0 Å². The van der Waals surface area contributed by atoms with Crippen molar-refractivity contribution in [1.29, 1.82) is 0 Å². The Kier molecular flexibility index (Phi) is 5.76. The Hall–Kier alpha value is -2.99. The fourth-order valence-corrected chi connectivity index (χ4v) is 3.09. The van der Waals surface area contributed by atoms with Crippen LogP contribution in [0.2, 0.25) is 0 Å². The van der Waals surface area contributed by atoms with E-state index >= 15 is 0 Å². The first-order valence-electron chi connectivity index (χ1n) is 7.97. The lowest BCUT2D eigenvalue weighted by molar-refractivity contribution is 0.103. The van der Waals surface area contributed by atoms with Crippen molar-refractivity contribution in [2.24, 2.45) is 0 Å². The number of rotatable bonds is 7. The van der Waals surface area contributed by atoms with Gasteiger partial charge in [-0.3, -0.25) is 4.79 Å². The molecule has 0 unspecified atom stereocenters. The van der Waals surface area contributed by atoms with Crippen LogP contribution in [0.1, 0.15) is 15.2 Å². The van der Waals surface area contributed by atoms with Crippen LogP contribution in [0.5, 0.6) is 17.2 Å². The number of carbonyl (C=O) groups is 1. The quantitative estimate of drug-likeness (QED) is 0.661. The third kappa shape index (κ3) is 4.55. The molecule has 2 aromatic carbocycles. The second-order valence-corrected chi connectivity index (χ2v) is 6.38. The fraction of sp³-hybridized carbons (Fsp3) is 0.150. The molecule has 0 saturated carbocycles. The van der Waals surface area contributed by atoms with Gasteiger partial charge in [0, 0.05) is 17.3 Å². The Morgan fingerprint density at radius 1 is 0.962 bits per heavy atom. The number of thiophene rings is 1. The van der Waals surface area contributed by atoms with E-state index in [0.29, 0.717) is 22.9 Å². The molecular formula is C20H19NO4S. The lowest BCUT2D eigenvalue weighted by Gasteiger charge is -2.06. The first-order chi connectivity index (χ1) is 12.7. The van der Waals surface area contributed by atoms with E-state index in [1.807, 2.05) is 53.9 Å². The highest BCUT2D eigenvalue weighted by Gasteiger charge is 2.10. The van der Waals surface area contributed by atoms with Gasteiger partial charge < -0.3 is 19.5 Å². The number of amides is 1. The zero-order chi connectivity index (χ0) is 18.4. The minimum Gasteiger partial charge on any atom is -0.497 e. The van der Waals surface area contributed by atoms with Crippen molar-refractivity contribution >= 4 is 22.9 Å². The topological polar surface area (TPSA) is 56.8 Å². The lowest BCUT2D eigenvalue weighted by atomic mass is 10.2. The number of hydrogen-bond acceptors (Lipinski definition) is 5. The van der Waals surface area contributed by atoms with Gasteiger partial charge in [0.25, 0.3) is 5.91 Å². The van der Waals surface area contributed by atoms with Gasteiger partial charge in [0.15, 0.2) is 0 Å². The maximum Gasteiger partial charge on any atom is 0.265 e. The molecule has 5 nitrogen and oxygen atoms in total. The number of anilines is 1. The van der Waals surface area contributed by atoms with E-state index in [2.05, 4.69) is 5.32 Å². The summed E-state index contributed by atoms with van der Waals surface area (Å²) >= 11 is 1.38. The van der Waals surface area contributed by atoms with E-state index in [1.54, 1.807) is 20.3 Å². The van der Waals surface area contributed by atoms with Crippen molar-refractivity contribution in [3.8, 4) is 17.2 Å². The second-order valence-electron chi connectivity index (χ2n) is 5.47. The van der Waals surface area contributed by atoms with Gasteiger partial charge in [-0.25, -0.2) is 0 Å². The third-order valence-electron chi connectivity index (χ3n) is 3.67.